The molecule has 0 radical (unpaired) electrons. The molecule has 0 atom stereocenters. The van der Waals surface area contributed by atoms with Gasteiger partial charge in [0.05, 0.1) is 29.7 Å². The zero-order chi connectivity index (χ0) is 14.7. The van der Waals surface area contributed by atoms with Gasteiger partial charge < -0.3 is 15.0 Å². The number of aromatic amines is 1. The zero-order valence-corrected chi connectivity index (χ0v) is 11.6. The van der Waals surface area contributed by atoms with Crippen LogP contribution in [0.1, 0.15) is 17.3 Å². The second-order valence-electron chi connectivity index (χ2n) is 4.49. The van der Waals surface area contributed by atoms with Gasteiger partial charge in [0.25, 0.3) is 5.91 Å². The predicted octanol–water partition coefficient (Wildman–Crippen LogP) is 3.21. The summed E-state index contributed by atoms with van der Waals surface area (Å²) in [5.41, 5.74) is 2.67. The molecule has 106 valence electrons. The maximum atomic E-state index is 12.5. The zero-order valence-electron chi connectivity index (χ0n) is 11.6. The minimum Gasteiger partial charge on any atom is -0.492 e. The Morgan fingerprint density at radius 1 is 1.24 bits per heavy atom. The number of ether oxygens (including phenoxy) is 1. The molecule has 0 spiro atoms. The summed E-state index contributed by atoms with van der Waals surface area (Å²) in [6, 6.07) is 12.8. The van der Waals surface area contributed by atoms with Crippen LogP contribution in [0.5, 0.6) is 5.75 Å². The topological polar surface area (TPSA) is 67.0 Å². The molecule has 0 fully saturated rings. The van der Waals surface area contributed by atoms with E-state index in [-0.39, 0.29) is 5.91 Å². The van der Waals surface area contributed by atoms with Crippen LogP contribution < -0.4 is 10.1 Å². The van der Waals surface area contributed by atoms with Gasteiger partial charge in [-0.3, -0.25) is 4.79 Å². The molecule has 0 aliphatic heterocycles. The third kappa shape index (κ3) is 2.58. The first-order valence-corrected chi connectivity index (χ1v) is 6.75. The van der Waals surface area contributed by atoms with Gasteiger partial charge in [-0.1, -0.05) is 18.2 Å². The third-order valence-electron chi connectivity index (χ3n) is 3.13. The van der Waals surface area contributed by atoms with Gasteiger partial charge in [0.1, 0.15) is 11.3 Å². The van der Waals surface area contributed by atoms with Crippen LogP contribution in [0, 0.1) is 0 Å². The Bertz CT molecular complexity index is 780. The van der Waals surface area contributed by atoms with Crippen molar-refractivity contribution in [3.63, 3.8) is 0 Å². The van der Waals surface area contributed by atoms with Crippen LogP contribution in [-0.2, 0) is 0 Å². The SMILES string of the molecule is CCOc1ccccc1NC(=O)c1cccc2[nH]cnc12. The Kier molecular flexibility index (Phi) is 3.55. The van der Waals surface area contributed by atoms with E-state index in [1.165, 1.54) is 0 Å². The number of aromatic nitrogens is 2. The normalized spacial score (nSPS) is 10.5. The molecule has 2 aromatic carbocycles. The largest absolute Gasteiger partial charge is 0.492 e. The number of nitrogens with zero attached hydrogens (tertiary/aromatic N) is 1. The van der Waals surface area contributed by atoms with Crippen molar-refractivity contribution in [3.8, 4) is 5.75 Å². The number of fused-ring (bicyclic) bond motifs is 1. The second-order valence-corrected chi connectivity index (χ2v) is 4.49. The Hall–Kier alpha value is -2.82. The molecule has 0 saturated heterocycles. The molecule has 1 amide bonds. The molecule has 0 aliphatic rings. The molecule has 1 heterocycles. The highest BCUT2D eigenvalue weighted by Gasteiger charge is 2.13. The summed E-state index contributed by atoms with van der Waals surface area (Å²) in [4.78, 5) is 19.6. The molecule has 3 aromatic rings. The van der Waals surface area contributed by atoms with Crippen molar-refractivity contribution in [3.05, 3.63) is 54.4 Å². The summed E-state index contributed by atoms with van der Waals surface area (Å²) >= 11 is 0. The van der Waals surface area contributed by atoms with E-state index in [9.17, 15) is 4.79 Å². The van der Waals surface area contributed by atoms with Crippen molar-refractivity contribution in [1.29, 1.82) is 0 Å². The van der Waals surface area contributed by atoms with Gasteiger partial charge >= 0.3 is 0 Å². The van der Waals surface area contributed by atoms with E-state index in [1.54, 1.807) is 12.4 Å². The van der Waals surface area contributed by atoms with Crippen molar-refractivity contribution in [2.45, 2.75) is 6.92 Å². The van der Waals surface area contributed by atoms with Crippen molar-refractivity contribution in [1.82, 2.24) is 9.97 Å². The van der Waals surface area contributed by atoms with Crippen LogP contribution in [0.2, 0.25) is 0 Å². The monoisotopic (exact) mass is 281 g/mol. The average Bonchev–Trinajstić information content (AvgIpc) is 2.97. The van der Waals surface area contributed by atoms with E-state index < -0.39 is 0 Å². The quantitative estimate of drug-likeness (QED) is 0.771. The first-order chi connectivity index (χ1) is 10.3. The van der Waals surface area contributed by atoms with Crippen molar-refractivity contribution in [2.24, 2.45) is 0 Å². The summed E-state index contributed by atoms with van der Waals surface area (Å²) in [7, 11) is 0. The summed E-state index contributed by atoms with van der Waals surface area (Å²) < 4.78 is 5.51. The number of para-hydroxylation sites is 3. The number of nitrogens with one attached hydrogen (secondary N) is 2. The molecule has 2 N–H and O–H groups in total. The van der Waals surface area contributed by atoms with Gasteiger partial charge in [-0.2, -0.15) is 0 Å². The number of rotatable bonds is 4. The molecule has 5 nitrogen and oxygen atoms in total. The third-order valence-corrected chi connectivity index (χ3v) is 3.13. The molecular formula is C16H15N3O2. The number of amides is 1. The highest BCUT2D eigenvalue weighted by atomic mass is 16.5. The van der Waals surface area contributed by atoms with Gasteiger partial charge in [-0.15, -0.1) is 0 Å². The fraction of sp³-hybridized carbons (Fsp3) is 0.125. The highest BCUT2D eigenvalue weighted by molar-refractivity contribution is 6.11. The molecule has 3 rings (SSSR count). The van der Waals surface area contributed by atoms with E-state index in [1.807, 2.05) is 43.3 Å². The first kappa shape index (κ1) is 13.2. The Balaban J connectivity index is 1.92. The predicted molar refractivity (Wildman–Crippen MR) is 81.7 cm³/mol. The van der Waals surface area contributed by atoms with E-state index in [0.717, 1.165) is 5.52 Å². The van der Waals surface area contributed by atoms with Gasteiger partial charge in [0.2, 0.25) is 0 Å². The number of H-pyrrole nitrogens is 1. The van der Waals surface area contributed by atoms with Crippen LogP contribution in [0.4, 0.5) is 5.69 Å². The summed E-state index contributed by atoms with van der Waals surface area (Å²) in [5, 5.41) is 2.88. The van der Waals surface area contributed by atoms with Crippen LogP contribution in [0.15, 0.2) is 48.8 Å². The number of anilines is 1. The van der Waals surface area contributed by atoms with E-state index in [2.05, 4.69) is 15.3 Å². The lowest BCUT2D eigenvalue weighted by molar-refractivity contribution is 0.102. The minimum atomic E-state index is -0.208. The Labute approximate surface area is 122 Å². The van der Waals surface area contributed by atoms with Crippen LogP contribution >= 0.6 is 0 Å². The van der Waals surface area contributed by atoms with Crippen molar-refractivity contribution in [2.75, 3.05) is 11.9 Å². The number of hydrogen-bond acceptors (Lipinski definition) is 3. The van der Waals surface area contributed by atoms with Gasteiger partial charge in [-0.05, 0) is 31.2 Å². The lowest BCUT2D eigenvalue weighted by atomic mass is 10.1. The van der Waals surface area contributed by atoms with E-state index in [0.29, 0.717) is 29.1 Å². The van der Waals surface area contributed by atoms with Gasteiger partial charge in [-0.25, -0.2) is 4.98 Å². The lowest BCUT2D eigenvalue weighted by Crippen LogP contribution is -2.13. The maximum absolute atomic E-state index is 12.5. The standard InChI is InChI=1S/C16H15N3O2/c1-2-21-14-9-4-3-7-12(14)19-16(20)11-6-5-8-13-15(11)18-10-17-13/h3-10H,2H2,1H3,(H,17,18)(H,19,20). The second kappa shape index (κ2) is 5.66. The van der Waals surface area contributed by atoms with Crippen molar-refractivity contribution < 1.29 is 9.53 Å². The smallest absolute Gasteiger partial charge is 0.258 e. The summed E-state index contributed by atoms with van der Waals surface area (Å²) in [6.45, 7) is 2.45. The number of benzene rings is 2. The molecule has 1 aromatic heterocycles. The van der Waals surface area contributed by atoms with Crippen molar-refractivity contribution >= 4 is 22.6 Å². The van der Waals surface area contributed by atoms with Gasteiger partial charge in [0.15, 0.2) is 0 Å². The number of carbonyl (C=O) groups excluding carboxylic acids is 1. The fourth-order valence-corrected chi connectivity index (χ4v) is 2.19. The molecule has 5 heteroatoms. The molecule has 0 aliphatic carbocycles. The van der Waals surface area contributed by atoms with Gasteiger partial charge in [0, 0.05) is 0 Å². The summed E-state index contributed by atoms with van der Waals surface area (Å²) in [5.74, 6) is 0.447. The van der Waals surface area contributed by atoms with E-state index >= 15 is 0 Å². The average molecular weight is 281 g/mol. The summed E-state index contributed by atoms with van der Waals surface area (Å²) in [6.07, 6.45) is 1.58. The first-order valence-electron chi connectivity index (χ1n) is 6.75. The molecular weight excluding hydrogens is 266 g/mol. The molecule has 0 bridgehead atoms. The lowest BCUT2D eigenvalue weighted by Gasteiger charge is -2.11. The van der Waals surface area contributed by atoms with Crippen LogP contribution in [0.25, 0.3) is 11.0 Å². The number of carbonyl (C=O) groups is 1. The Morgan fingerprint density at radius 2 is 2.10 bits per heavy atom. The Morgan fingerprint density at radius 3 is 2.95 bits per heavy atom. The number of hydrogen-bond donors (Lipinski definition) is 2. The van der Waals surface area contributed by atoms with Crippen LogP contribution in [-0.4, -0.2) is 22.5 Å². The molecule has 21 heavy (non-hydrogen) atoms. The highest BCUT2D eigenvalue weighted by Crippen LogP contribution is 2.25. The van der Waals surface area contributed by atoms with Crippen LogP contribution in [0.3, 0.4) is 0 Å². The maximum Gasteiger partial charge on any atom is 0.258 e. The molecule has 0 unspecified atom stereocenters. The van der Waals surface area contributed by atoms with E-state index in [4.69, 9.17) is 4.74 Å². The fourth-order valence-electron chi connectivity index (χ4n) is 2.19. The molecule has 0 saturated carbocycles. The minimum absolute atomic E-state index is 0.208. The number of imidazole rings is 1.